The van der Waals surface area contributed by atoms with Crippen LogP contribution in [0.5, 0.6) is 0 Å². The summed E-state index contributed by atoms with van der Waals surface area (Å²) in [5, 5.41) is 6.96. The van der Waals surface area contributed by atoms with E-state index in [0.29, 0.717) is 10.0 Å². The van der Waals surface area contributed by atoms with E-state index in [0.717, 1.165) is 5.56 Å². The third-order valence-electron chi connectivity index (χ3n) is 2.57. The van der Waals surface area contributed by atoms with Crippen molar-refractivity contribution in [1.82, 2.24) is 10.6 Å². The fourth-order valence-corrected chi connectivity index (χ4v) is 2.18. The van der Waals surface area contributed by atoms with Crippen molar-refractivity contribution in [3.63, 3.8) is 0 Å². The van der Waals surface area contributed by atoms with Crippen LogP contribution in [-0.2, 0) is 4.79 Å². The highest BCUT2D eigenvalue weighted by molar-refractivity contribution is 6.35. The van der Waals surface area contributed by atoms with Crippen LogP contribution in [-0.4, -0.2) is 19.0 Å². The SMILES string of the molecule is CNC(=O)[C@@H](C)N[C@H](C)c1ccc(Cl)cc1Cl. The molecular formula is C12H16Cl2N2O. The molecule has 0 spiro atoms. The lowest BCUT2D eigenvalue weighted by molar-refractivity contribution is -0.122. The maximum atomic E-state index is 11.4. The van der Waals surface area contributed by atoms with Gasteiger partial charge < -0.3 is 5.32 Å². The highest BCUT2D eigenvalue weighted by atomic mass is 35.5. The molecule has 0 unspecified atom stereocenters. The van der Waals surface area contributed by atoms with E-state index in [9.17, 15) is 4.79 Å². The van der Waals surface area contributed by atoms with Gasteiger partial charge in [0.1, 0.15) is 0 Å². The van der Waals surface area contributed by atoms with Crippen molar-refractivity contribution in [2.24, 2.45) is 0 Å². The Kier molecular flexibility index (Phi) is 5.25. The molecule has 3 nitrogen and oxygen atoms in total. The molecule has 0 aliphatic heterocycles. The molecule has 0 aromatic heterocycles. The first-order valence-corrected chi connectivity index (χ1v) is 6.14. The maximum absolute atomic E-state index is 11.4. The summed E-state index contributed by atoms with van der Waals surface area (Å²) in [6, 6.07) is 5.04. The number of halogens is 2. The Morgan fingerprint density at radius 1 is 1.29 bits per heavy atom. The molecule has 0 heterocycles. The predicted molar refractivity (Wildman–Crippen MR) is 71.5 cm³/mol. The van der Waals surface area contributed by atoms with Gasteiger partial charge in [-0.25, -0.2) is 0 Å². The fraction of sp³-hybridized carbons (Fsp3) is 0.417. The lowest BCUT2D eigenvalue weighted by Crippen LogP contribution is -2.41. The average Bonchev–Trinajstić information content (AvgIpc) is 2.27. The number of carbonyl (C=O) groups is 1. The Bertz CT molecular complexity index is 409. The summed E-state index contributed by atoms with van der Waals surface area (Å²) in [6.07, 6.45) is 0. The number of hydrogen-bond acceptors (Lipinski definition) is 2. The standard InChI is InChI=1S/C12H16Cl2N2O/c1-7(16-8(2)12(17)15-3)10-5-4-9(13)6-11(10)14/h4-8,16H,1-3H3,(H,15,17)/t7-,8-/m1/s1. The fourth-order valence-electron chi connectivity index (χ4n) is 1.61. The van der Waals surface area contributed by atoms with Crippen LogP contribution >= 0.6 is 23.2 Å². The molecule has 5 heteroatoms. The molecule has 17 heavy (non-hydrogen) atoms. The van der Waals surface area contributed by atoms with Gasteiger partial charge in [0, 0.05) is 23.1 Å². The van der Waals surface area contributed by atoms with Gasteiger partial charge in [-0.05, 0) is 31.5 Å². The van der Waals surface area contributed by atoms with Crippen LogP contribution in [0.15, 0.2) is 18.2 Å². The van der Waals surface area contributed by atoms with E-state index in [4.69, 9.17) is 23.2 Å². The number of rotatable bonds is 4. The van der Waals surface area contributed by atoms with Crippen molar-refractivity contribution < 1.29 is 4.79 Å². The highest BCUT2D eigenvalue weighted by Gasteiger charge is 2.16. The molecule has 0 saturated heterocycles. The van der Waals surface area contributed by atoms with E-state index in [1.54, 1.807) is 26.1 Å². The first kappa shape index (κ1) is 14.3. The van der Waals surface area contributed by atoms with Crippen LogP contribution in [0.1, 0.15) is 25.5 Å². The van der Waals surface area contributed by atoms with Gasteiger partial charge in [-0.3, -0.25) is 10.1 Å². The third-order valence-corrected chi connectivity index (χ3v) is 3.13. The van der Waals surface area contributed by atoms with E-state index >= 15 is 0 Å². The van der Waals surface area contributed by atoms with Crippen molar-refractivity contribution in [3.8, 4) is 0 Å². The predicted octanol–water partition coefficient (Wildman–Crippen LogP) is 2.78. The van der Waals surface area contributed by atoms with Crippen LogP contribution in [0.4, 0.5) is 0 Å². The molecule has 0 fully saturated rings. The number of amides is 1. The molecule has 0 aliphatic carbocycles. The van der Waals surface area contributed by atoms with Gasteiger partial charge in [0.2, 0.25) is 5.91 Å². The zero-order chi connectivity index (χ0) is 13.0. The first-order chi connectivity index (χ1) is 7.95. The van der Waals surface area contributed by atoms with Crippen molar-refractivity contribution in [2.45, 2.75) is 25.9 Å². The lowest BCUT2D eigenvalue weighted by Gasteiger charge is -2.20. The Morgan fingerprint density at radius 3 is 2.47 bits per heavy atom. The normalized spacial score (nSPS) is 14.2. The summed E-state index contributed by atoms with van der Waals surface area (Å²) < 4.78 is 0. The third kappa shape index (κ3) is 3.87. The summed E-state index contributed by atoms with van der Waals surface area (Å²) in [5.41, 5.74) is 0.923. The monoisotopic (exact) mass is 274 g/mol. The largest absolute Gasteiger partial charge is 0.358 e. The number of hydrogen-bond donors (Lipinski definition) is 2. The summed E-state index contributed by atoms with van der Waals surface area (Å²) >= 11 is 11.9. The maximum Gasteiger partial charge on any atom is 0.236 e. The zero-order valence-electron chi connectivity index (χ0n) is 10.1. The molecule has 0 saturated carbocycles. The topological polar surface area (TPSA) is 41.1 Å². The second-order valence-corrected chi connectivity index (χ2v) is 4.73. The van der Waals surface area contributed by atoms with Crippen molar-refractivity contribution >= 4 is 29.1 Å². The van der Waals surface area contributed by atoms with Crippen LogP contribution in [0, 0.1) is 0 Å². The molecule has 94 valence electrons. The minimum absolute atomic E-state index is 0.0212. The molecule has 1 rings (SSSR count). The van der Waals surface area contributed by atoms with Gasteiger partial charge in [0.15, 0.2) is 0 Å². The molecule has 1 amide bonds. The molecule has 0 aliphatic rings. The van der Waals surface area contributed by atoms with E-state index < -0.39 is 0 Å². The minimum Gasteiger partial charge on any atom is -0.358 e. The molecular weight excluding hydrogens is 259 g/mol. The van der Waals surface area contributed by atoms with Gasteiger partial charge in [0.25, 0.3) is 0 Å². The van der Waals surface area contributed by atoms with Crippen molar-refractivity contribution in [2.75, 3.05) is 7.05 Å². The summed E-state index contributed by atoms with van der Waals surface area (Å²) in [6.45, 7) is 3.76. The Hall–Kier alpha value is -0.770. The van der Waals surface area contributed by atoms with E-state index in [-0.39, 0.29) is 18.0 Å². The van der Waals surface area contributed by atoms with E-state index in [2.05, 4.69) is 10.6 Å². The molecule has 1 aromatic carbocycles. The van der Waals surface area contributed by atoms with Gasteiger partial charge >= 0.3 is 0 Å². The van der Waals surface area contributed by atoms with Gasteiger partial charge in [-0.1, -0.05) is 29.3 Å². The highest BCUT2D eigenvalue weighted by Crippen LogP contribution is 2.26. The quantitative estimate of drug-likeness (QED) is 0.887. The Morgan fingerprint density at radius 2 is 1.94 bits per heavy atom. The Balaban J connectivity index is 2.76. The first-order valence-electron chi connectivity index (χ1n) is 5.38. The molecule has 0 radical (unpaired) electrons. The van der Waals surface area contributed by atoms with Gasteiger partial charge in [-0.2, -0.15) is 0 Å². The van der Waals surface area contributed by atoms with Crippen molar-refractivity contribution in [1.29, 1.82) is 0 Å². The van der Waals surface area contributed by atoms with Gasteiger partial charge in [0.05, 0.1) is 6.04 Å². The number of carbonyl (C=O) groups excluding carboxylic acids is 1. The average molecular weight is 275 g/mol. The van der Waals surface area contributed by atoms with Crippen LogP contribution in [0.2, 0.25) is 10.0 Å². The second-order valence-electron chi connectivity index (χ2n) is 3.89. The van der Waals surface area contributed by atoms with E-state index in [1.165, 1.54) is 0 Å². The number of likely N-dealkylation sites (N-methyl/N-ethyl adjacent to an activating group) is 1. The second kappa shape index (κ2) is 6.24. The van der Waals surface area contributed by atoms with Crippen LogP contribution in [0.3, 0.4) is 0 Å². The number of nitrogens with one attached hydrogen (secondary N) is 2. The minimum atomic E-state index is -0.276. The molecule has 2 N–H and O–H groups in total. The lowest BCUT2D eigenvalue weighted by atomic mass is 10.1. The molecule has 1 aromatic rings. The van der Waals surface area contributed by atoms with Crippen LogP contribution in [0.25, 0.3) is 0 Å². The van der Waals surface area contributed by atoms with Crippen LogP contribution < -0.4 is 10.6 Å². The Labute approximate surface area is 111 Å². The summed E-state index contributed by atoms with van der Waals surface area (Å²) in [4.78, 5) is 11.4. The molecule has 0 bridgehead atoms. The zero-order valence-corrected chi connectivity index (χ0v) is 11.6. The van der Waals surface area contributed by atoms with Gasteiger partial charge in [-0.15, -0.1) is 0 Å². The number of benzene rings is 1. The summed E-state index contributed by atoms with van der Waals surface area (Å²) in [5.74, 6) is -0.0538. The smallest absolute Gasteiger partial charge is 0.236 e. The van der Waals surface area contributed by atoms with E-state index in [1.807, 2.05) is 13.0 Å². The molecule has 2 atom stereocenters. The van der Waals surface area contributed by atoms with Crippen molar-refractivity contribution in [3.05, 3.63) is 33.8 Å². The summed E-state index contributed by atoms with van der Waals surface area (Å²) in [7, 11) is 1.61.